The summed E-state index contributed by atoms with van der Waals surface area (Å²) in [4.78, 5) is 0. The molecule has 0 fully saturated rings. The lowest BCUT2D eigenvalue weighted by atomic mass is 10.1. The Kier molecular flexibility index (Phi) is 4.23. The van der Waals surface area contributed by atoms with E-state index in [1.807, 2.05) is 32.4 Å². The van der Waals surface area contributed by atoms with Crippen molar-refractivity contribution in [2.45, 2.75) is 46.8 Å². The van der Waals surface area contributed by atoms with E-state index < -0.39 is 6.10 Å². The van der Waals surface area contributed by atoms with Gasteiger partial charge in [0, 0.05) is 11.3 Å². The van der Waals surface area contributed by atoms with Crippen LogP contribution in [0.5, 0.6) is 0 Å². The minimum absolute atomic E-state index is 0.235. The van der Waals surface area contributed by atoms with Gasteiger partial charge in [-0.25, -0.2) is 4.39 Å². The van der Waals surface area contributed by atoms with Crippen LogP contribution >= 0.6 is 0 Å². The summed E-state index contributed by atoms with van der Waals surface area (Å²) in [5.74, 6) is -0.235. The lowest BCUT2D eigenvalue weighted by molar-refractivity contribution is 0.172. The van der Waals surface area contributed by atoms with Crippen molar-refractivity contribution in [3.8, 4) is 0 Å². The first-order valence-corrected chi connectivity index (χ1v) is 6.91. The van der Waals surface area contributed by atoms with E-state index in [2.05, 4.69) is 5.10 Å². The van der Waals surface area contributed by atoms with Gasteiger partial charge in [0.25, 0.3) is 0 Å². The molecule has 1 N–H and O–H groups in total. The van der Waals surface area contributed by atoms with Crippen LogP contribution in [0.3, 0.4) is 0 Å². The molecule has 108 valence electrons. The van der Waals surface area contributed by atoms with Gasteiger partial charge in [-0.1, -0.05) is 13.0 Å². The number of hydrogen-bond donors (Lipinski definition) is 1. The predicted octanol–water partition coefficient (Wildman–Crippen LogP) is 3.44. The number of aryl methyl sites for hydroxylation is 2. The van der Waals surface area contributed by atoms with Crippen LogP contribution in [-0.4, -0.2) is 14.9 Å². The third kappa shape index (κ3) is 2.75. The van der Waals surface area contributed by atoms with Gasteiger partial charge in [-0.15, -0.1) is 0 Å². The monoisotopic (exact) mass is 276 g/mol. The molecule has 0 saturated heterocycles. The first-order valence-electron chi connectivity index (χ1n) is 6.91. The van der Waals surface area contributed by atoms with E-state index in [-0.39, 0.29) is 5.82 Å². The SMILES string of the molecule is CCC(O)c1c(C)nn(Cc2cc(F)ccc2C)c1C. The molecule has 1 heterocycles. The van der Waals surface area contributed by atoms with Gasteiger partial charge in [0.2, 0.25) is 0 Å². The van der Waals surface area contributed by atoms with Crippen LogP contribution in [-0.2, 0) is 6.54 Å². The van der Waals surface area contributed by atoms with Crippen molar-refractivity contribution < 1.29 is 9.50 Å². The Hall–Kier alpha value is -1.68. The molecule has 0 spiro atoms. The zero-order valence-electron chi connectivity index (χ0n) is 12.4. The zero-order valence-corrected chi connectivity index (χ0v) is 12.4. The predicted molar refractivity (Wildman–Crippen MR) is 77.2 cm³/mol. The van der Waals surface area contributed by atoms with Crippen molar-refractivity contribution in [1.82, 2.24) is 9.78 Å². The Bertz CT molecular complexity index is 619. The van der Waals surface area contributed by atoms with E-state index in [0.717, 1.165) is 28.1 Å². The number of halogens is 1. The van der Waals surface area contributed by atoms with Crippen molar-refractivity contribution in [3.05, 3.63) is 52.1 Å². The van der Waals surface area contributed by atoms with E-state index in [1.165, 1.54) is 6.07 Å². The smallest absolute Gasteiger partial charge is 0.123 e. The topological polar surface area (TPSA) is 38.1 Å². The van der Waals surface area contributed by atoms with Crippen LogP contribution in [0, 0.1) is 26.6 Å². The second kappa shape index (κ2) is 5.75. The fourth-order valence-corrected chi connectivity index (χ4v) is 2.52. The number of hydrogen-bond acceptors (Lipinski definition) is 2. The number of rotatable bonds is 4. The first kappa shape index (κ1) is 14.7. The normalized spacial score (nSPS) is 12.7. The van der Waals surface area contributed by atoms with Crippen molar-refractivity contribution in [2.24, 2.45) is 0 Å². The van der Waals surface area contributed by atoms with Crippen LogP contribution in [0.2, 0.25) is 0 Å². The summed E-state index contributed by atoms with van der Waals surface area (Å²) in [6, 6.07) is 4.78. The summed E-state index contributed by atoms with van der Waals surface area (Å²) in [6.45, 7) is 8.27. The van der Waals surface area contributed by atoms with Crippen LogP contribution in [0.25, 0.3) is 0 Å². The van der Waals surface area contributed by atoms with Crippen LogP contribution < -0.4 is 0 Å². The molecule has 0 radical (unpaired) electrons. The molecule has 1 unspecified atom stereocenters. The molecule has 1 atom stereocenters. The van der Waals surface area contributed by atoms with E-state index >= 15 is 0 Å². The van der Waals surface area contributed by atoms with Crippen molar-refractivity contribution in [1.29, 1.82) is 0 Å². The van der Waals surface area contributed by atoms with E-state index in [4.69, 9.17) is 0 Å². The number of nitrogens with zero attached hydrogens (tertiary/aromatic N) is 2. The second-order valence-electron chi connectivity index (χ2n) is 5.24. The highest BCUT2D eigenvalue weighted by molar-refractivity contribution is 5.30. The molecular weight excluding hydrogens is 255 g/mol. The highest BCUT2D eigenvalue weighted by Crippen LogP contribution is 2.24. The minimum atomic E-state index is -0.489. The molecule has 0 saturated carbocycles. The Balaban J connectivity index is 2.37. The number of aromatic nitrogens is 2. The molecular formula is C16H21FN2O. The molecule has 4 heteroatoms. The van der Waals surface area contributed by atoms with E-state index in [9.17, 15) is 9.50 Å². The second-order valence-corrected chi connectivity index (χ2v) is 5.24. The maximum Gasteiger partial charge on any atom is 0.123 e. The third-order valence-corrected chi connectivity index (χ3v) is 3.79. The summed E-state index contributed by atoms with van der Waals surface area (Å²) >= 11 is 0. The number of aliphatic hydroxyl groups excluding tert-OH is 1. The molecule has 1 aromatic carbocycles. The summed E-state index contributed by atoms with van der Waals surface area (Å²) in [5.41, 5.74) is 4.62. The van der Waals surface area contributed by atoms with Gasteiger partial charge in [0.05, 0.1) is 18.3 Å². The number of aliphatic hydroxyl groups is 1. The summed E-state index contributed by atoms with van der Waals surface area (Å²) in [7, 11) is 0. The van der Waals surface area contributed by atoms with Gasteiger partial charge in [-0.3, -0.25) is 4.68 Å². The average Bonchev–Trinajstić information content (AvgIpc) is 2.68. The maximum atomic E-state index is 13.3. The Morgan fingerprint density at radius 2 is 2.00 bits per heavy atom. The van der Waals surface area contributed by atoms with Crippen LogP contribution in [0.15, 0.2) is 18.2 Å². The maximum absolute atomic E-state index is 13.3. The van der Waals surface area contributed by atoms with Gasteiger partial charge in [-0.2, -0.15) is 5.10 Å². The third-order valence-electron chi connectivity index (χ3n) is 3.79. The van der Waals surface area contributed by atoms with Crippen molar-refractivity contribution in [2.75, 3.05) is 0 Å². The highest BCUT2D eigenvalue weighted by atomic mass is 19.1. The van der Waals surface area contributed by atoms with Gasteiger partial charge in [-0.05, 0) is 50.5 Å². The fourth-order valence-electron chi connectivity index (χ4n) is 2.52. The molecule has 1 aromatic heterocycles. The zero-order chi connectivity index (χ0) is 14.9. The lowest BCUT2D eigenvalue weighted by Crippen LogP contribution is -2.07. The standard InChI is InChI=1S/C16H21FN2O/c1-5-15(20)16-11(3)18-19(12(16)4)9-13-8-14(17)7-6-10(13)2/h6-8,15,20H,5,9H2,1-4H3. The average molecular weight is 276 g/mol. The summed E-state index contributed by atoms with van der Waals surface area (Å²) < 4.78 is 15.2. The Morgan fingerprint density at radius 3 is 2.65 bits per heavy atom. The summed E-state index contributed by atoms with van der Waals surface area (Å²) in [6.07, 6.45) is 0.171. The van der Waals surface area contributed by atoms with Crippen molar-refractivity contribution in [3.63, 3.8) is 0 Å². The molecule has 20 heavy (non-hydrogen) atoms. The lowest BCUT2D eigenvalue weighted by Gasteiger charge is -2.10. The van der Waals surface area contributed by atoms with E-state index in [0.29, 0.717) is 13.0 Å². The van der Waals surface area contributed by atoms with Gasteiger partial charge < -0.3 is 5.11 Å². The molecule has 2 aromatic rings. The molecule has 0 bridgehead atoms. The van der Waals surface area contributed by atoms with Gasteiger partial charge in [0.1, 0.15) is 5.82 Å². The largest absolute Gasteiger partial charge is 0.388 e. The molecule has 3 nitrogen and oxygen atoms in total. The Labute approximate surface area is 119 Å². The molecule has 0 aliphatic carbocycles. The van der Waals surface area contributed by atoms with Crippen molar-refractivity contribution >= 4 is 0 Å². The van der Waals surface area contributed by atoms with Crippen LogP contribution in [0.1, 0.15) is 47.5 Å². The van der Waals surface area contributed by atoms with Crippen LogP contribution in [0.4, 0.5) is 4.39 Å². The molecule has 0 amide bonds. The first-order chi connectivity index (χ1) is 9.43. The molecule has 2 rings (SSSR count). The summed E-state index contributed by atoms with van der Waals surface area (Å²) in [5, 5.41) is 14.5. The fraction of sp³-hybridized carbons (Fsp3) is 0.438. The highest BCUT2D eigenvalue weighted by Gasteiger charge is 2.18. The van der Waals surface area contributed by atoms with Gasteiger partial charge >= 0.3 is 0 Å². The minimum Gasteiger partial charge on any atom is -0.388 e. The molecule has 0 aliphatic heterocycles. The van der Waals surface area contributed by atoms with E-state index in [1.54, 1.807) is 12.1 Å². The quantitative estimate of drug-likeness (QED) is 0.929. The Morgan fingerprint density at radius 1 is 1.30 bits per heavy atom. The molecule has 0 aliphatic rings. The van der Waals surface area contributed by atoms with Gasteiger partial charge in [0.15, 0.2) is 0 Å². The number of benzene rings is 1.